The maximum Gasteiger partial charge on any atom is 0.322 e. The summed E-state index contributed by atoms with van der Waals surface area (Å²) in [5.74, 6) is -0.478. The van der Waals surface area contributed by atoms with Gasteiger partial charge in [-0.2, -0.15) is 0 Å². The number of carbonyl (C=O) groups is 3. The highest BCUT2D eigenvalue weighted by atomic mass is 16.2. The second-order valence-corrected chi connectivity index (χ2v) is 5.62. The number of carbonyl (C=O) groups excluding carboxylic acids is 3. The van der Waals surface area contributed by atoms with E-state index in [-0.39, 0.29) is 24.3 Å². The molecule has 2 fully saturated rings. The summed E-state index contributed by atoms with van der Waals surface area (Å²) in [7, 11) is 0. The summed E-state index contributed by atoms with van der Waals surface area (Å²) in [6.07, 6.45) is 1.22. The molecule has 0 aromatic rings. The molecule has 7 heteroatoms. The van der Waals surface area contributed by atoms with Crippen molar-refractivity contribution in [3.8, 4) is 0 Å². The molecular formula is C12H20N4O3. The van der Waals surface area contributed by atoms with Crippen molar-refractivity contribution >= 4 is 17.8 Å². The minimum atomic E-state index is -0.971. The molecule has 106 valence electrons. The van der Waals surface area contributed by atoms with Crippen LogP contribution in [0.5, 0.6) is 0 Å². The van der Waals surface area contributed by atoms with E-state index in [0.717, 1.165) is 0 Å². The number of hydrogen-bond acceptors (Lipinski definition) is 4. The van der Waals surface area contributed by atoms with Gasteiger partial charge in [-0.25, -0.2) is 4.79 Å². The Hall–Kier alpha value is -1.63. The zero-order valence-electron chi connectivity index (χ0n) is 11.2. The third-order valence-corrected chi connectivity index (χ3v) is 3.82. The Balaban J connectivity index is 2.11. The van der Waals surface area contributed by atoms with Crippen molar-refractivity contribution < 1.29 is 14.4 Å². The average Bonchev–Trinajstić information content (AvgIpc) is 2.62. The minimum absolute atomic E-state index is 0.0392. The van der Waals surface area contributed by atoms with Gasteiger partial charge in [-0.3, -0.25) is 14.9 Å². The lowest BCUT2D eigenvalue weighted by Crippen LogP contribution is -2.61. The van der Waals surface area contributed by atoms with E-state index in [1.54, 1.807) is 4.90 Å². The summed E-state index contributed by atoms with van der Waals surface area (Å²) in [6, 6.07) is -1.07. The van der Waals surface area contributed by atoms with Crippen LogP contribution in [0, 0.1) is 5.92 Å². The van der Waals surface area contributed by atoms with E-state index in [2.05, 4.69) is 10.6 Å². The van der Waals surface area contributed by atoms with Gasteiger partial charge in [0.15, 0.2) is 0 Å². The number of urea groups is 1. The fraction of sp³-hybridized carbons (Fsp3) is 0.750. The molecule has 4 N–H and O–H groups in total. The van der Waals surface area contributed by atoms with Gasteiger partial charge >= 0.3 is 6.03 Å². The van der Waals surface area contributed by atoms with E-state index in [0.29, 0.717) is 19.4 Å². The van der Waals surface area contributed by atoms with Crippen molar-refractivity contribution in [2.24, 2.45) is 11.7 Å². The van der Waals surface area contributed by atoms with Crippen LogP contribution in [0.25, 0.3) is 0 Å². The van der Waals surface area contributed by atoms with Gasteiger partial charge in [0.2, 0.25) is 5.91 Å². The zero-order chi connectivity index (χ0) is 14.2. The minimum Gasteiger partial charge on any atom is -0.338 e. The fourth-order valence-corrected chi connectivity index (χ4v) is 2.56. The number of nitrogens with two attached hydrogens (primary N) is 1. The van der Waals surface area contributed by atoms with E-state index in [4.69, 9.17) is 5.73 Å². The third-order valence-electron chi connectivity index (χ3n) is 3.82. The predicted molar refractivity (Wildman–Crippen MR) is 68.0 cm³/mol. The molecule has 0 aromatic carbocycles. The molecule has 2 heterocycles. The number of nitrogens with one attached hydrogen (secondary N) is 2. The van der Waals surface area contributed by atoms with E-state index >= 15 is 0 Å². The van der Waals surface area contributed by atoms with E-state index in [1.165, 1.54) is 0 Å². The predicted octanol–water partition coefficient (Wildman–Crippen LogP) is -0.830. The molecule has 0 saturated carbocycles. The zero-order valence-corrected chi connectivity index (χ0v) is 11.2. The molecule has 2 atom stereocenters. The largest absolute Gasteiger partial charge is 0.338 e. The Morgan fingerprint density at radius 3 is 2.63 bits per heavy atom. The van der Waals surface area contributed by atoms with Crippen molar-refractivity contribution in [2.45, 2.75) is 38.3 Å². The molecule has 2 saturated heterocycles. The summed E-state index contributed by atoms with van der Waals surface area (Å²) in [5, 5.41) is 4.87. The van der Waals surface area contributed by atoms with Crippen LogP contribution < -0.4 is 16.4 Å². The van der Waals surface area contributed by atoms with Crippen LogP contribution in [0.15, 0.2) is 0 Å². The molecule has 0 bridgehead atoms. The van der Waals surface area contributed by atoms with Crippen molar-refractivity contribution in [1.82, 2.24) is 15.5 Å². The number of hydrogen-bond donors (Lipinski definition) is 3. The first-order valence-corrected chi connectivity index (χ1v) is 6.54. The van der Waals surface area contributed by atoms with E-state index in [9.17, 15) is 14.4 Å². The van der Waals surface area contributed by atoms with Crippen LogP contribution in [-0.2, 0) is 9.59 Å². The lowest BCUT2D eigenvalue weighted by atomic mass is 9.88. The number of nitrogens with zero attached hydrogens (tertiary/aromatic N) is 1. The van der Waals surface area contributed by atoms with Gasteiger partial charge in [0, 0.05) is 6.54 Å². The van der Waals surface area contributed by atoms with E-state index in [1.807, 2.05) is 13.8 Å². The highest BCUT2D eigenvalue weighted by Gasteiger charge is 2.49. The number of likely N-dealkylation sites (tertiary alicyclic amines) is 1. The van der Waals surface area contributed by atoms with Crippen molar-refractivity contribution in [2.75, 3.05) is 13.1 Å². The summed E-state index contributed by atoms with van der Waals surface area (Å²) < 4.78 is 0. The Bertz CT molecular complexity index is 423. The molecule has 19 heavy (non-hydrogen) atoms. The quantitative estimate of drug-likeness (QED) is 0.568. The van der Waals surface area contributed by atoms with Crippen molar-refractivity contribution in [3.05, 3.63) is 0 Å². The monoisotopic (exact) mass is 268 g/mol. The maximum atomic E-state index is 12.2. The maximum absolute atomic E-state index is 12.2. The number of imide groups is 1. The molecule has 2 unspecified atom stereocenters. The number of amides is 4. The fourth-order valence-electron chi connectivity index (χ4n) is 2.56. The van der Waals surface area contributed by atoms with Crippen LogP contribution in [0.4, 0.5) is 4.79 Å². The lowest BCUT2D eigenvalue weighted by molar-refractivity contribution is -0.138. The van der Waals surface area contributed by atoms with Gasteiger partial charge < -0.3 is 16.0 Å². The van der Waals surface area contributed by atoms with E-state index < -0.39 is 17.6 Å². The summed E-state index contributed by atoms with van der Waals surface area (Å²) in [6.45, 7) is 4.53. The molecule has 2 aliphatic rings. The van der Waals surface area contributed by atoms with Crippen LogP contribution in [0.3, 0.4) is 0 Å². The van der Waals surface area contributed by atoms with Crippen molar-refractivity contribution in [3.63, 3.8) is 0 Å². The Morgan fingerprint density at radius 1 is 1.42 bits per heavy atom. The summed E-state index contributed by atoms with van der Waals surface area (Å²) in [5.41, 5.74) is 4.89. The standard InChI is InChI=1S/C12H20N4O3/c1-7(2)8(13)9(17)16-5-3-4-12(6-16)10(18)14-11(19)15-12/h7-8H,3-6,13H2,1-2H3,(H2,14,15,18,19). The SMILES string of the molecule is CC(C)C(N)C(=O)N1CCCC2(C1)NC(=O)NC2=O. The number of rotatable bonds is 2. The second-order valence-electron chi connectivity index (χ2n) is 5.62. The van der Waals surface area contributed by atoms with Crippen LogP contribution in [0.2, 0.25) is 0 Å². The Morgan fingerprint density at radius 2 is 2.11 bits per heavy atom. The molecule has 2 rings (SSSR count). The Kier molecular flexibility index (Phi) is 3.49. The first kappa shape index (κ1) is 13.8. The molecule has 2 aliphatic heterocycles. The first-order valence-electron chi connectivity index (χ1n) is 6.54. The third kappa shape index (κ3) is 2.42. The van der Waals surface area contributed by atoms with Gasteiger partial charge in [-0.05, 0) is 18.8 Å². The van der Waals surface area contributed by atoms with Crippen LogP contribution in [0.1, 0.15) is 26.7 Å². The van der Waals surface area contributed by atoms with Gasteiger partial charge in [-0.15, -0.1) is 0 Å². The Labute approximate surface area is 111 Å². The highest BCUT2D eigenvalue weighted by molar-refractivity contribution is 6.07. The first-order chi connectivity index (χ1) is 8.85. The smallest absolute Gasteiger partial charge is 0.322 e. The molecule has 4 amide bonds. The molecule has 0 aliphatic carbocycles. The van der Waals surface area contributed by atoms with Gasteiger partial charge in [-0.1, -0.05) is 13.8 Å². The van der Waals surface area contributed by atoms with Gasteiger partial charge in [0.25, 0.3) is 5.91 Å². The molecule has 7 nitrogen and oxygen atoms in total. The van der Waals surface area contributed by atoms with Crippen molar-refractivity contribution in [1.29, 1.82) is 0 Å². The molecule has 0 radical (unpaired) electrons. The molecule has 0 aromatic heterocycles. The molecule has 1 spiro atoms. The topological polar surface area (TPSA) is 105 Å². The number of piperidine rings is 1. The summed E-state index contributed by atoms with van der Waals surface area (Å²) in [4.78, 5) is 37.0. The lowest BCUT2D eigenvalue weighted by Gasteiger charge is -2.39. The van der Waals surface area contributed by atoms with Gasteiger partial charge in [0.05, 0.1) is 12.6 Å². The summed E-state index contributed by atoms with van der Waals surface area (Å²) >= 11 is 0. The van der Waals surface area contributed by atoms with Crippen LogP contribution >= 0.6 is 0 Å². The highest BCUT2D eigenvalue weighted by Crippen LogP contribution is 2.25. The van der Waals surface area contributed by atoms with Crippen LogP contribution in [-0.4, -0.2) is 47.4 Å². The van der Waals surface area contributed by atoms with Gasteiger partial charge in [0.1, 0.15) is 5.54 Å². The second kappa shape index (κ2) is 4.80. The average molecular weight is 268 g/mol. The molecular weight excluding hydrogens is 248 g/mol. The normalized spacial score (nSPS) is 28.5.